The molecule has 4 heterocycles. The van der Waals surface area contributed by atoms with E-state index in [1.165, 1.54) is 18.2 Å². The number of carbonyl (C=O) groups excluding carboxylic acids is 2. The molecule has 0 radical (unpaired) electrons. The van der Waals surface area contributed by atoms with Crippen molar-refractivity contribution in [2.45, 2.75) is 19.4 Å². The maximum atomic E-state index is 12.9. The van der Waals surface area contributed by atoms with Crippen molar-refractivity contribution < 1.29 is 14.0 Å². The first-order chi connectivity index (χ1) is 15.1. The van der Waals surface area contributed by atoms with Gasteiger partial charge in [0.25, 0.3) is 5.91 Å². The van der Waals surface area contributed by atoms with E-state index in [1.54, 1.807) is 23.3 Å². The third-order valence-electron chi connectivity index (χ3n) is 6.67. The fourth-order valence-electron chi connectivity index (χ4n) is 5.03. The van der Waals surface area contributed by atoms with Gasteiger partial charge in [0.2, 0.25) is 11.7 Å². The van der Waals surface area contributed by atoms with Gasteiger partial charge in [-0.2, -0.15) is 0 Å². The minimum atomic E-state index is -0.123. The third-order valence-corrected chi connectivity index (χ3v) is 6.67. The molecule has 2 fully saturated rings. The summed E-state index contributed by atoms with van der Waals surface area (Å²) in [6.45, 7) is 2.88. The Balaban J connectivity index is 1.33. The van der Waals surface area contributed by atoms with Gasteiger partial charge < -0.3 is 18.8 Å². The quantitative estimate of drug-likeness (QED) is 0.611. The molecule has 2 aliphatic heterocycles. The van der Waals surface area contributed by atoms with E-state index in [1.807, 2.05) is 15.9 Å². The van der Waals surface area contributed by atoms with Gasteiger partial charge in [0, 0.05) is 49.9 Å². The summed E-state index contributed by atoms with van der Waals surface area (Å²) >= 11 is 0. The zero-order valence-corrected chi connectivity index (χ0v) is 17.3. The SMILES string of the molecule is O=C(Cn1ccnc1)N1C[C@@H]2CN(C(=O)c3cnco3)C[C@]2(CCc2ccccc2)C1. The molecule has 2 aliphatic rings. The summed E-state index contributed by atoms with van der Waals surface area (Å²) in [4.78, 5) is 37.6. The molecule has 2 amide bonds. The van der Waals surface area contributed by atoms with Crippen LogP contribution in [0.15, 0.2) is 66.1 Å². The second-order valence-electron chi connectivity index (χ2n) is 8.61. The van der Waals surface area contributed by atoms with Crippen LogP contribution in [0.3, 0.4) is 0 Å². The molecule has 1 aromatic carbocycles. The fraction of sp³-hybridized carbons (Fsp3) is 0.391. The number of fused-ring (bicyclic) bond motifs is 1. The molecule has 0 N–H and O–H groups in total. The van der Waals surface area contributed by atoms with Crippen LogP contribution in [0, 0.1) is 11.3 Å². The highest BCUT2D eigenvalue weighted by Crippen LogP contribution is 2.46. The average molecular weight is 419 g/mol. The van der Waals surface area contributed by atoms with E-state index >= 15 is 0 Å². The normalized spacial score (nSPS) is 22.6. The van der Waals surface area contributed by atoms with Crippen molar-refractivity contribution in [3.63, 3.8) is 0 Å². The van der Waals surface area contributed by atoms with Crippen LogP contribution in [-0.2, 0) is 17.8 Å². The zero-order chi connectivity index (χ0) is 21.3. The number of rotatable bonds is 6. The maximum Gasteiger partial charge on any atom is 0.291 e. The van der Waals surface area contributed by atoms with Gasteiger partial charge >= 0.3 is 0 Å². The Morgan fingerprint density at radius 2 is 1.90 bits per heavy atom. The van der Waals surface area contributed by atoms with E-state index in [-0.39, 0.29) is 28.9 Å². The van der Waals surface area contributed by atoms with Crippen LogP contribution in [0.1, 0.15) is 22.5 Å². The molecule has 2 atom stereocenters. The van der Waals surface area contributed by atoms with Gasteiger partial charge in [-0.15, -0.1) is 0 Å². The first kappa shape index (κ1) is 19.5. The standard InChI is InChI=1S/C23H25N5O3/c29-21(13-26-9-8-24-16-26)27-11-19-12-28(22(30)20-10-25-17-31-20)15-23(19,14-27)7-6-18-4-2-1-3-5-18/h1-5,8-10,16-17,19H,6-7,11-15H2/t19-,23+/m1/s1. The Kier molecular flexibility index (Phi) is 5.05. The molecule has 2 saturated heterocycles. The van der Waals surface area contributed by atoms with Gasteiger partial charge in [-0.3, -0.25) is 9.59 Å². The molecular formula is C23H25N5O3. The van der Waals surface area contributed by atoms with Gasteiger partial charge in [0.05, 0.1) is 12.5 Å². The maximum absolute atomic E-state index is 12.9. The highest BCUT2D eigenvalue weighted by Gasteiger charge is 2.54. The van der Waals surface area contributed by atoms with Crippen molar-refractivity contribution in [1.82, 2.24) is 24.3 Å². The molecule has 0 aliphatic carbocycles. The second kappa shape index (κ2) is 8.02. The first-order valence-corrected chi connectivity index (χ1v) is 10.6. The topological polar surface area (TPSA) is 84.5 Å². The van der Waals surface area contributed by atoms with Crippen LogP contribution in [0.5, 0.6) is 0 Å². The van der Waals surface area contributed by atoms with Crippen molar-refractivity contribution in [2.24, 2.45) is 11.3 Å². The smallest absolute Gasteiger partial charge is 0.291 e. The summed E-state index contributed by atoms with van der Waals surface area (Å²) in [5.41, 5.74) is 1.16. The summed E-state index contributed by atoms with van der Waals surface area (Å²) in [5.74, 6) is 0.489. The predicted octanol–water partition coefficient (Wildman–Crippen LogP) is 2.10. The number of aryl methyl sites for hydroxylation is 1. The molecule has 0 saturated carbocycles. The molecule has 31 heavy (non-hydrogen) atoms. The van der Waals surface area contributed by atoms with E-state index in [0.717, 1.165) is 12.8 Å². The van der Waals surface area contributed by atoms with Crippen molar-refractivity contribution in [1.29, 1.82) is 0 Å². The van der Waals surface area contributed by atoms with Crippen LogP contribution in [-0.4, -0.2) is 62.3 Å². The Morgan fingerprint density at radius 3 is 2.65 bits per heavy atom. The molecule has 5 rings (SSSR count). The van der Waals surface area contributed by atoms with Crippen molar-refractivity contribution in [3.8, 4) is 0 Å². The highest BCUT2D eigenvalue weighted by molar-refractivity contribution is 5.91. The third kappa shape index (κ3) is 3.85. The lowest BCUT2D eigenvalue weighted by molar-refractivity contribution is -0.131. The lowest BCUT2D eigenvalue weighted by atomic mass is 9.76. The lowest BCUT2D eigenvalue weighted by Gasteiger charge is -2.29. The van der Waals surface area contributed by atoms with Gasteiger partial charge in [-0.1, -0.05) is 30.3 Å². The number of amides is 2. The average Bonchev–Trinajstić information content (AvgIpc) is 3.56. The molecule has 160 valence electrons. The summed E-state index contributed by atoms with van der Waals surface area (Å²) in [5, 5.41) is 0. The molecule has 8 heteroatoms. The number of nitrogens with zero attached hydrogens (tertiary/aromatic N) is 5. The number of carbonyl (C=O) groups is 2. The molecule has 2 aromatic heterocycles. The minimum Gasteiger partial charge on any atom is -0.438 e. The van der Waals surface area contributed by atoms with E-state index in [2.05, 4.69) is 34.2 Å². The van der Waals surface area contributed by atoms with Crippen LogP contribution < -0.4 is 0 Å². The van der Waals surface area contributed by atoms with Crippen molar-refractivity contribution >= 4 is 11.8 Å². The largest absolute Gasteiger partial charge is 0.438 e. The fourth-order valence-corrected chi connectivity index (χ4v) is 5.03. The van der Waals surface area contributed by atoms with E-state index in [9.17, 15) is 9.59 Å². The molecule has 0 bridgehead atoms. The zero-order valence-electron chi connectivity index (χ0n) is 17.3. The van der Waals surface area contributed by atoms with Crippen LogP contribution in [0.2, 0.25) is 0 Å². The Hall–Kier alpha value is -3.42. The van der Waals surface area contributed by atoms with Crippen LogP contribution in [0.25, 0.3) is 0 Å². The summed E-state index contributed by atoms with van der Waals surface area (Å²) in [6, 6.07) is 10.4. The highest BCUT2D eigenvalue weighted by atomic mass is 16.3. The molecular weight excluding hydrogens is 394 g/mol. The summed E-state index contributed by atoms with van der Waals surface area (Å²) in [7, 11) is 0. The Bertz CT molecular complexity index is 1030. The van der Waals surface area contributed by atoms with E-state index in [0.29, 0.717) is 32.7 Å². The lowest BCUT2D eigenvalue weighted by Crippen LogP contribution is -2.39. The number of imidazole rings is 1. The van der Waals surface area contributed by atoms with Crippen LogP contribution >= 0.6 is 0 Å². The number of likely N-dealkylation sites (tertiary alicyclic amines) is 2. The molecule has 8 nitrogen and oxygen atoms in total. The minimum absolute atomic E-state index is 0.0968. The Morgan fingerprint density at radius 1 is 1.10 bits per heavy atom. The van der Waals surface area contributed by atoms with Crippen molar-refractivity contribution in [3.05, 3.63) is 73.0 Å². The monoisotopic (exact) mass is 419 g/mol. The van der Waals surface area contributed by atoms with Gasteiger partial charge in [0.1, 0.15) is 6.54 Å². The number of hydrogen-bond donors (Lipinski definition) is 0. The summed E-state index contributed by atoms with van der Waals surface area (Å²) < 4.78 is 7.03. The number of oxazole rings is 1. The van der Waals surface area contributed by atoms with E-state index < -0.39 is 0 Å². The van der Waals surface area contributed by atoms with Gasteiger partial charge in [0.15, 0.2) is 6.39 Å². The van der Waals surface area contributed by atoms with Gasteiger partial charge in [-0.05, 0) is 18.4 Å². The summed E-state index contributed by atoms with van der Waals surface area (Å²) in [6.07, 6.45) is 9.75. The van der Waals surface area contributed by atoms with Crippen molar-refractivity contribution in [2.75, 3.05) is 26.2 Å². The molecule has 0 spiro atoms. The Labute approximate surface area is 180 Å². The van der Waals surface area contributed by atoms with Gasteiger partial charge in [-0.25, -0.2) is 9.97 Å². The van der Waals surface area contributed by atoms with E-state index in [4.69, 9.17) is 4.42 Å². The predicted molar refractivity (Wildman–Crippen MR) is 112 cm³/mol. The first-order valence-electron chi connectivity index (χ1n) is 10.6. The number of hydrogen-bond acceptors (Lipinski definition) is 5. The second-order valence-corrected chi connectivity index (χ2v) is 8.61. The number of aromatic nitrogens is 3. The number of benzene rings is 1. The molecule has 3 aromatic rings. The van der Waals surface area contributed by atoms with Crippen LogP contribution in [0.4, 0.5) is 0 Å². The molecule has 0 unspecified atom stereocenters.